The molecule has 2 heterocycles. The summed E-state index contributed by atoms with van der Waals surface area (Å²) in [6.45, 7) is 4.91. The van der Waals surface area contributed by atoms with E-state index in [1.54, 1.807) is 0 Å². The number of nitrogens with zero attached hydrogens (tertiary/aromatic N) is 3. The standard InChI is InChI=1S/C12H19ClN4O2S/c1-8-6-17(7-9(2)16(8)3)20(18,19)10-4-11(13)12(14)15-5-10/h4-5,8-9H,6-7H2,1-3H3,(H2,14,15). The van der Waals surface area contributed by atoms with Crippen LogP contribution in [0.15, 0.2) is 17.2 Å². The van der Waals surface area contributed by atoms with Crippen molar-refractivity contribution in [3.05, 3.63) is 17.3 Å². The molecule has 0 aliphatic carbocycles. The first-order valence-corrected chi connectivity index (χ1v) is 8.18. The van der Waals surface area contributed by atoms with E-state index in [9.17, 15) is 8.42 Å². The zero-order chi connectivity index (χ0) is 15.1. The second-order valence-electron chi connectivity index (χ2n) is 5.22. The van der Waals surface area contributed by atoms with Crippen LogP contribution in [0.25, 0.3) is 0 Å². The predicted molar refractivity (Wildman–Crippen MR) is 79.1 cm³/mol. The number of sulfonamides is 1. The van der Waals surface area contributed by atoms with Crippen molar-refractivity contribution >= 4 is 27.4 Å². The highest BCUT2D eigenvalue weighted by molar-refractivity contribution is 7.89. The Bertz CT molecular complexity index is 595. The fraction of sp³-hybridized carbons (Fsp3) is 0.583. The zero-order valence-corrected chi connectivity index (χ0v) is 13.3. The van der Waals surface area contributed by atoms with Crippen molar-refractivity contribution in [3.63, 3.8) is 0 Å². The van der Waals surface area contributed by atoms with Gasteiger partial charge in [-0.1, -0.05) is 11.6 Å². The molecule has 1 aliphatic heterocycles. The summed E-state index contributed by atoms with van der Waals surface area (Å²) < 4.78 is 26.7. The Labute approximate surface area is 124 Å². The van der Waals surface area contributed by atoms with E-state index in [2.05, 4.69) is 9.88 Å². The lowest BCUT2D eigenvalue weighted by Crippen LogP contribution is -2.56. The van der Waals surface area contributed by atoms with Crippen LogP contribution in [0.2, 0.25) is 5.02 Å². The van der Waals surface area contributed by atoms with E-state index in [0.29, 0.717) is 13.1 Å². The third kappa shape index (κ3) is 2.76. The molecule has 2 atom stereocenters. The third-order valence-corrected chi connectivity index (χ3v) is 5.91. The number of nitrogen functional groups attached to an aromatic ring is 1. The summed E-state index contributed by atoms with van der Waals surface area (Å²) in [5.74, 6) is 0.130. The molecule has 0 aromatic carbocycles. The van der Waals surface area contributed by atoms with Gasteiger partial charge in [0, 0.05) is 31.4 Å². The van der Waals surface area contributed by atoms with E-state index >= 15 is 0 Å². The van der Waals surface area contributed by atoms with Gasteiger partial charge in [0.25, 0.3) is 0 Å². The maximum atomic E-state index is 12.6. The summed E-state index contributed by atoms with van der Waals surface area (Å²) in [6.07, 6.45) is 1.25. The number of nitrogens with two attached hydrogens (primary N) is 1. The van der Waals surface area contributed by atoms with Crippen molar-refractivity contribution in [3.8, 4) is 0 Å². The summed E-state index contributed by atoms with van der Waals surface area (Å²) in [7, 11) is -1.59. The van der Waals surface area contributed by atoms with E-state index in [-0.39, 0.29) is 27.8 Å². The van der Waals surface area contributed by atoms with Crippen molar-refractivity contribution in [2.45, 2.75) is 30.8 Å². The molecule has 1 aromatic rings. The first-order valence-electron chi connectivity index (χ1n) is 6.36. The molecule has 2 N–H and O–H groups in total. The second kappa shape index (κ2) is 5.48. The highest BCUT2D eigenvalue weighted by Gasteiger charge is 2.34. The van der Waals surface area contributed by atoms with Crippen molar-refractivity contribution in [1.29, 1.82) is 0 Å². The first-order chi connectivity index (χ1) is 9.23. The average molecular weight is 319 g/mol. The highest BCUT2D eigenvalue weighted by atomic mass is 35.5. The van der Waals surface area contributed by atoms with Gasteiger partial charge in [-0.05, 0) is 27.0 Å². The molecule has 1 aliphatic rings. The van der Waals surface area contributed by atoms with Gasteiger partial charge in [0.15, 0.2) is 0 Å². The summed E-state index contributed by atoms with van der Waals surface area (Å²) in [6, 6.07) is 1.67. The van der Waals surface area contributed by atoms with Crippen LogP contribution < -0.4 is 5.73 Å². The number of hydrogen-bond acceptors (Lipinski definition) is 5. The summed E-state index contributed by atoms with van der Waals surface area (Å²) >= 11 is 5.86. The van der Waals surface area contributed by atoms with Gasteiger partial charge in [0.05, 0.1) is 5.02 Å². The number of hydrogen-bond donors (Lipinski definition) is 1. The number of piperazine rings is 1. The van der Waals surface area contributed by atoms with E-state index in [1.165, 1.54) is 16.6 Å². The molecule has 0 saturated carbocycles. The van der Waals surface area contributed by atoms with Crippen molar-refractivity contribution in [1.82, 2.24) is 14.2 Å². The Hall–Kier alpha value is -0.890. The Morgan fingerprint density at radius 2 is 1.90 bits per heavy atom. The molecule has 0 bridgehead atoms. The number of aromatic nitrogens is 1. The molecule has 1 fully saturated rings. The van der Waals surface area contributed by atoms with Gasteiger partial charge in [-0.15, -0.1) is 0 Å². The van der Waals surface area contributed by atoms with E-state index in [0.717, 1.165) is 0 Å². The quantitative estimate of drug-likeness (QED) is 0.881. The Morgan fingerprint density at radius 1 is 1.35 bits per heavy atom. The molecule has 8 heteroatoms. The molecule has 2 unspecified atom stereocenters. The van der Waals surface area contributed by atoms with Crippen LogP contribution >= 0.6 is 11.6 Å². The molecule has 0 radical (unpaired) electrons. The van der Waals surface area contributed by atoms with Gasteiger partial charge < -0.3 is 5.73 Å². The van der Waals surface area contributed by atoms with Gasteiger partial charge >= 0.3 is 0 Å². The van der Waals surface area contributed by atoms with Crippen LogP contribution in [0.5, 0.6) is 0 Å². The third-order valence-electron chi connectivity index (χ3n) is 3.81. The lowest BCUT2D eigenvalue weighted by atomic mass is 10.1. The molecule has 112 valence electrons. The molecule has 1 saturated heterocycles. The maximum absolute atomic E-state index is 12.6. The highest BCUT2D eigenvalue weighted by Crippen LogP contribution is 2.25. The normalized spacial score (nSPS) is 25.8. The Kier molecular flexibility index (Phi) is 4.24. The summed E-state index contributed by atoms with van der Waals surface area (Å²) in [5.41, 5.74) is 5.51. The summed E-state index contributed by atoms with van der Waals surface area (Å²) in [5, 5.41) is 0.154. The van der Waals surface area contributed by atoms with Crippen molar-refractivity contribution in [2.24, 2.45) is 0 Å². The minimum Gasteiger partial charge on any atom is -0.382 e. The fourth-order valence-corrected chi connectivity index (χ4v) is 4.08. The van der Waals surface area contributed by atoms with E-state index in [1.807, 2.05) is 20.9 Å². The van der Waals surface area contributed by atoms with Gasteiger partial charge in [0.1, 0.15) is 10.7 Å². The van der Waals surface area contributed by atoms with Crippen molar-refractivity contribution in [2.75, 3.05) is 25.9 Å². The lowest BCUT2D eigenvalue weighted by molar-refractivity contribution is 0.105. The lowest BCUT2D eigenvalue weighted by Gasteiger charge is -2.41. The predicted octanol–water partition coefficient (Wildman–Crippen LogP) is 1.03. The monoisotopic (exact) mass is 318 g/mol. The zero-order valence-electron chi connectivity index (χ0n) is 11.7. The minimum atomic E-state index is -3.59. The fourth-order valence-electron chi connectivity index (χ4n) is 2.27. The topological polar surface area (TPSA) is 79.5 Å². The van der Waals surface area contributed by atoms with Gasteiger partial charge in [-0.3, -0.25) is 4.90 Å². The molecule has 20 heavy (non-hydrogen) atoms. The molecule has 2 rings (SSSR count). The van der Waals surface area contributed by atoms with Gasteiger partial charge in [-0.25, -0.2) is 13.4 Å². The van der Waals surface area contributed by atoms with Crippen LogP contribution in [-0.2, 0) is 10.0 Å². The number of halogens is 1. The smallest absolute Gasteiger partial charge is 0.244 e. The van der Waals surface area contributed by atoms with Gasteiger partial charge in [-0.2, -0.15) is 4.31 Å². The largest absolute Gasteiger partial charge is 0.382 e. The Balaban J connectivity index is 2.33. The first kappa shape index (κ1) is 15.5. The van der Waals surface area contributed by atoms with Crippen LogP contribution in [0.4, 0.5) is 5.82 Å². The Morgan fingerprint density at radius 3 is 2.40 bits per heavy atom. The number of rotatable bonds is 2. The molecule has 6 nitrogen and oxygen atoms in total. The van der Waals surface area contributed by atoms with E-state index < -0.39 is 10.0 Å². The molecule has 1 aromatic heterocycles. The molecule has 0 spiro atoms. The summed E-state index contributed by atoms with van der Waals surface area (Å²) in [4.78, 5) is 6.07. The van der Waals surface area contributed by atoms with E-state index in [4.69, 9.17) is 17.3 Å². The second-order valence-corrected chi connectivity index (χ2v) is 7.57. The average Bonchev–Trinajstić information content (AvgIpc) is 2.38. The van der Waals surface area contributed by atoms with Gasteiger partial charge in [0.2, 0.25) is 10.0 Å². The van der Waals surface area contributed by atoms with Crippen LogP contribution in [0.3, 0.4) is 0 Å². The van der Waals surface area contributed by atoms with Crippen molar-refractivity contribution < 1.29 is 8.42 Å². The van der Waals surface area contributed by atoms with Crippen LogP contribution in [0, 0.1) is 0 Å². The van der Waals surface area contributed by atoms with Crippen LogP contribution in [-0.4, -0.2) is 54.8 Å². The maximum Gasteiger partial charge on any atom is 0.244 e. The van der Waals surface area contributed by atoms with Crippen LogP contribution in [0.1, 0.15) is 13.8 Å². The number of pyridine rings is 1. The number of likely N-dealkylation sites (N-methyl/N-ethyl adjacent to an activating group) is 1. The molecular weight excluding hydrogens is 300 g/mol. The number of anilines is 1. The molecular formula is C12H19ClN4O2S. The SMILES string of the molecule is CC1CN(S(=O)(=O)c2cnc(N)c(Cl)c2)CC(C)N1C. The molecule has 0 amide bonds. The minimum absolute atomic E-state index is 0.0839.